The Kier molecular flexibility index (Phi) is 6.05. The van der Waals surface area contributed by atoms with Crippen LogP contribution >= 0.6 is 0 Å². The summed E-state index contributed by atoms with van der Waals surface area (Å²) in [5.41, 5.74) is 5.13. The van der Waals surface area contributed by atoms with Gasteiger partial charge in [-0.25, -0.2) is 0 Å². The van der Waals surface area contributed by atoms with E-state index in [1.165, 1.54) is 22.3 Å². The first-order valence-electron chi connectivity index (χ1n) is 9.29. The van der Waals surface area contributed by atoms with Crippen molar-refractivity contribution in [2.24, 2.45) is 5.92 Å². The van der Waals surface area contributed by atoms with E-state index in [-0.39, 0.29) is 11.9 Å². The Balaban J connectivity index is 1.87. The van der Waals surface area contributed by atoms with Crippen molar-refractivity contribution in [1.29, 1.82) is 0 Å². The number of allylic oxidation sites excluding steroid dienone is 2. The molecule has 0 bridgehead atoms. The second-order valence-corrected chi connectivity index (χ2v) is 6.65. The zero-order valence-electron chi connectivity index (χ0n) is 14.9. The van der Waals surface area contributed by atoms with E-state index in [1.807, 2.05) is 12.1 Å². The molecule has 3 rings (SSSR count). The largest absolute Gasteiger partial charge is 0.465 e. The summed E-state index contributed by atoms with van der Waals surface area (Å²) in [7, 11) is 0. The fourth-order valence-corrected chi connectivity index (χ4v) is 3.47. The van der Waals surface area contributed by atoms with Gasteiger partial charge in [0, 0.05) is 0 Å². The highest BCUT2D eigenvalue weighted by Gasteiger charge is 2.28. The van der Waals surface area contributed by atoms with Gasteiger partial charge in [-0.2, -0.15) is 0 Å². The summed E-state index contributed by atoms with van der Waals surface area (Å²) in [4.78, 5) is 12.4. The molecule has 2 aromatic rings. The molecular weight excluding hydrogens is 308 g/mol. The van der Waals surface area contributed by atoms with Crippen LogP contribution in [0, 0.1) is 5.92 Å². The smallest absolute Gasteiger partial charge is 0.309 e. The van der Waals surface area contributed by atoms with Gasteiger partial charge >= 0.3 is 5.97 Å². The van der Waals surface area contributed by atoms with E-state index in [0.717, 1.165) is 32.1 Å². The maximum absolute atomic E-state index is 12.4. The van der Waals surface area contributed by atoms with Crippen LogP contribution in [-0.2, 0) is 9.53 Å². The van der Waals surface area contributed by atoms with Crippen LogP contribution in [0.2, 0.25) is 0 Å². The summed E-state index contributed by atoms with van der Waals surface area (Å²) in [6.07, 6.45) is 4.53. The van der Waals surface area contributed by atoms with Crippen LogP contribution in [0.4, 0.5) is 0 Å². The number of ether oxygens (including phenoxy) is 1. The molecule has 0 saturated carbocycles. The number of hydrogen-bond donors (Lipinski definition) is 0. The molecule has 2 heteroatoms. The molecule has 2 nitrogen and oxygen atoms in total. The predicted octanol–water partition coefficient (Wildman–Crippen LogP) is 5.74. The second kappa shape index (κ2) is 8.66. The van der Waals surface area contributed by atoms with Gasteiger partial charge in [0.05, 0.1) is 12.5 Å². The molecule has 0 aliphatic heterocycles. The Bertz CT molecular complexity index is 716. The van der Waals surface area contributed by atoms with E-state index < -0.39 is 0 Å². The van der Waals surface area contributed by atoms with Gasteiger partial charge in [-0.05, 0) is 48.0 Å². The molecule has 2 aromatic carbocycles. The Morgan fingerprint density at radius 1 is 0.960 bits per heavy atom. The molecule has 1 atom stereocenters. The molecular formula is C23H26O2. The Hall–Kier alpha value is -2.35. The van der Waals surface area contributed by atoms with Gasteiger partial charge < -0.3 is 4.74 Å². The summed E-state index contributed by atoms with van der Waals surface area (Å²) >= 11 is 0. The van der Waals surface area contributed by atoms with Gasteiger partial charge in [-0.1, -0.05) is 74.0 Å². The third-order valence-electron chi connectivity index (χ3n) is 4.88. The zero-order valence-corrected chi connectivity index (χ0v) is 14.9. The topological polar surface area (TPSA) is 26.3 Å². The SMILES string of the molecule is CCCCOC(=O)C1CCC(c2ccccc2)=C(c2ccccc2)C1. The van der Waals surface area contributed by atoms with Gasteiger partial charge in [0.2, 0.25) is 0 Å². The molecule has 1 aliphatic carbocycles. The van der Waals surface area contributed by atoms with Crippen molar-refractivity contribution in [3.8, 4) is 0 Å². The zero-order chi connectivity index (χ0) is 17.5. The van der Waals surface area contributed by atoms with Crippen molar-refractivity contribution in [3.63, 3.8) is 0 Å². The van der Waals surface area contributed by atoms with Gasteiger partial charge in [0.25, 0.3) is 0 Å². The maximum atomic E-state index is 12.4. The van der Waals surface area contributed by atoms with Crippen LogP contribution < -0.4 is 0 Å². The average Bonchev–Trinajstić information content (AvgIpc) is 2.69. The Morgan fingerprint density at radius 2 is 1.56 bits per heavy atom. The van der Waals surface area contributed by atoms with Crippen LogP contribution in [0.3, 0.4) is 0 Å². The van der Waals surface area contributed by atoms with Gasteiger partial charge in [-0.3, -0.25) is 4.79 Å². The van der Waals surface area contributed by atoms with Crippen molar-refractivity contribution in [2.45, 2.75) is 39.0 Å². The van der Waals surface area contributed by atoms with Gasteiger partial charge in [-0.15, -0.1) is 0 Å². The molecule has 0 N–H and O–H groups in total. The van der Waals surface area contributed by atoms with E-state index in [4.69, 9.17) is 4.74 Å². The van der Waals surface area contributed by atoms with Crippen molar-refractivity contribution < 1.29 is 9.53 Å². The highest BCUT2D eigenvalue weighted by molar-refractivity contribution is 5.93. The molecule has 0 spiro atoms. The Morgan fingerprint density at radius 3 is 2.16 bits per heavy atom. The number of carbonyl (C=O) groups is 1. The van der Waals surface area contributed by atoms with Crippen molar-refractivity contribution in [2.75, 3.05) is 6.61 Å². The lowest BCUT2D eigenvalue weighted by Crippen LogP contribution is -2.22. The van der Waals surface area contributed by atoms with E-state index >= 15 is 0 Å². The van der Waals surface area contributed by atoms with E-state index in [9.17, 15) is 4.79 Å². The summed E-state index contributed by atoms with van der Waals surface area (Å²) < 4.78 is 5.49. The fraction of sp³-hybridized carbons (Fsp3) is 0.348. The predicted molar refractivity (Wildman–Crippen MR) is 103 cm³/mol. The third kappa shape index (κ3) is 4.39. The van der Waals surface area contributed by atoms with Crippen molar-refractivity contribution in [1.82, 2.24) is 0 Å². The first-order chi connectivity index (χ1) is 12.3. The minimum absolute atomic E-state index is 0.0282. The summed E-state index contributed by atoms with van der Waals surface area (Å²) in [5, 5.41) is 0. The van der Waals surface area contributed by atoms with Crippen LogP contribution in [-0.4, -0.2) is 12.6 Å². The quantitative estimate of drug-likeness (QED) is 0.497. The monoisotopic (exact) mass is 334 g/mol. The lowest BCUT2D eigenvalue weighted by molar-refractivity contribution is -0.148. The molecule has 25 heavy (non-hydrogen) atoms. The highest BCUT2D eigenvalue weighted by Crippen LogP contribution is 2.41. The molecule has 0 heterocycles. The summed E-state index contributed by atoms with van der Waals surface area (Å²) in [6, 6.07) is 21.0. The molecule has 0 aromatic heterocycles. The van der Waals surface area contributed by atoms with Gasteiger partial charge in [0.15, 0.2) is 0 Å². The molecule has 1 aliphatic rings. The van der Waals surface area contributed by atoms with E-state index in [0.29, 0.717) is 6.61 Å². The average molecular weight is 334 g/mol. The van der Waals surface area contributed by atoms with Crippen LogP contribution in [0.25, 0.3) is 11.1 Å². The number of esters is 1. The molecule has 0 saturated heterocycles. The fourth-order valence-electron chi connectivity index (χ4n) is 3.47. The minimum atomic E-state index is -0.0333. The molecule has 130 valence electrons. The summed E-state index contributed by atoms with van der Waals surface area (Å²) in [6.45, 7) is 2.65. The number of benzene rings is 2. The number of hydrogen-bond acceptors (Lipinski definition) is 2. The molecule has 0 fully saturated rings. The van der Waals surface area contributed by atoms with Crippen LogP contribution in [0.15, 0.2) is 60.7 Å². The first-order valence-corrected chi connectivity index (χ1v) is 9.29. The number of rotatable bonds is 6. The number of unbranched alkanes of at least 4 members (excludes halogenated alkanes) is 1. The van der Waals surface area contributed by atoms with Crippen LogP contribution in [0.5, 0.6) is 0 Å². The highest BCUT2D eigenvalue weighted by atomic mass is 16.5. The van der Waals surface area contributed by atoms with E-state index in [1.54, 1.807) is 0 Å². The van der Waals surface area contributed by atoms with E-state index in [2.05, 4.69) is 55.5 Å². The normalized spacial score (nSPS) is 17.4. The minimum Gasteiger partial charge on any atom is -0.465 e. The second-order valence-electron chi connectivity index (χ2n) is 6.65. The lowest BCUT2D eigenvalue weighted by atomic mass is 9.78. The first kappa shape index (κ1) is 17.5. The standard InChI is InChI=1S/C23H26O2/c1-2-3-16-25-23(24)20-14-15-21(18-10-6-4-7-11-18)22(17-20)19-12-8-5-9-13-19/h4-13,20H,2-3,14-17H2,1H3. The van der Waals surface area contributed by atoms with Crippen molar-refractivity contribution >= 4 is 17.1 Å². The molecule has 0 radical (unpaired) electrons. The van der Waals surface area contributed by atoms with Crippen molar-refractivity contribution in [3.05, 3.63) is 71.8 Å². The van der Waals surface area contributed by atoms with Crippen LogP contribution in [0.1, 0.15) is 50.2 Å². The number of carbonyl (C=O) groups excluding carboxylic acids is 1. The third-order valence-corrected chi connectivity index (χ3v) is 4.88. The van der Waals surface area contributed by atoms with Gasteiger partial charge in [0.1, 0.15) is 0 Å². The maximum Gasteiger partial charge on any atom is 0.309 e. The molecule has 0 amide bonds. The summed E-state index contributed by atoms with van der Waals surface area (Å²) in [5.74, 6) is -0.0616. The lowest BCUT2D eigenvalue weighted by Gasteiger charge is -2.27. The molecule has 1 unspecified atom stereocenters. The Labute approximate surface area is 150 Å².